The van der Waals surface area contributed by atoms with Gasteiger partial charge in [0, 0.05) is 37.6 Å². The van der Waals surface area contributed by atoms with E-state index in [1.165, 1.54) is 11.4 Å². The average Bonchev–Trinajstić information content (AvgIpc) is 3.06. The third kappa shape index (κ3) is 2.34. The minimum absolute atomic E-state index is 0.822. The van der Waals surface area contributed by atoms with E-state index in [0.29, 0.717) is 0 Å². The molecule has 0 aliphatic heterocycles. The van der Waals surface area contributed by atoms with E-state index in [9.17, 15) is 0 Å². The Morgan fingerprint density at radius 2 is 2.20 bits per heavy atom. The molecule has 0 spiro atoms. The van der Waals surface area contributed by atoms with Gasteiger partial charge in [0.1, 0.15) is 12.2 Å². The van der Waals surface area contributed by atoms with E-state index >= 15 is 0 Å². The summed E-state index contributed by atoms with van der Waals surface area (Å²) in [7, 11) is 1.97. The first-order chi connectivity index (χ1) is 9.66. The Labute approximate surface area is 121 Å². The van der Waals surface area contributed by atoms with Crippen molar-refractivity contribution in [3.8, 4) is 0 Å². The van der Waals surface area contributed by atoms with Crippen molar-refractivity contribution in [3.05, 3.63) is 34.6 Å². The summed E-state index contributed by atoms with van der Waals surface area (Å²) < 4.78 is 4.18. The predicted molar refractivity (Wildman–Crippen MR) is 79.0 cm³/mol. The summed E-state index contributed by atoms with van der Waals surface area (Å²) in [5.74, 6) is 0.999. The molecule has 0 aliphatic carbocycles. The number of fused-ring (bicyclic) bond motifs is 1. The molecule has 6 nitrogen and oxygen atoms in total. The highest BCUT2D eigenvalue weighted by atomic mass is 32.1. The summed E-state index contributed by atoms with van der Waals surface area (Å²) >= 11 is 1.69. The Kier molecular flexibility index (Phi) is 3.54. The lowest BCUT2D eigenvalue weighted by Gasteiger charge is -2.06. The Morgan fingerprint density at radius 3 is 2.95 bits per heavy atom. The summed E-state index contributed by atoms with van der Waals surface area (Å²) in [5, 5.41) is 13.6. The van der Waals surface area contributed by atoms with E-state index in [1.54, 1.807) is 17.7 Å². The van der Waals surface area contributed by atoms with E-state index in [2.05, 4.69) is 44.1 Å². The van der Waals surface area contributed by atoms with Gasteiger partial charge in [-0.2, -0.15) is 0 Å². The zero-order valence-corrected chi connectivity index (χ0v) is 12.7. The molecule has 0 bridgehead atoms. The highest BCUT2D eigenvalue weighted by Crippen LogP contribution is 2.20. The first-order valence-electron chi connectivity index (χ1n) is 6.62. The van der Waals surface area contributed by atoms with Gasteiger partial charge in [-0.05, 0) is 13.8 Å². The van der Waals surface area contributed by atoms with E-state index in [4.69, 9.17) is 0 Å². The summed E-state index contributed by atoms with van der Waals surface area (Å²) in [6, 6.07) is 0. The molecule has 0 aliphatic rings. The van der Waals surface area contributed by atoms with E-state index < -0.39 is 0 Å². The molecule has 3 rings (SSSR count). The van der Waals surface area contributed by atoms with Gasteiger partial charge in [0.2, 0.25) is 0 Å². The van der Waals surface area contributed by atoms with Crippen LogP contribution >= 0.6 is 11.3 Å². The highest BCUT2D eigenvalue weighted by Gasteiger charge is 2.11. The molecule has 0 saturated carbocycles. The van der Waals surface area contributed by atoms with Gasteiger partial charge in [0.15, 0.2) is 4.96 Å². The van der Waals surface area contributed by atoms with Crippen molar-refractivity contribution < 1.29 is 0 Å². The SMILES string of the molecule is Cc1nc2scc(C)n2c1CNCCc1nncn1C. The Balaban J connectivity index is 1.64. The van der Waals surface area contributed by atoms with Crippen LogP contribution in [-0.2, 0) is 20.0 Å². The van der Waals surface area contributed by atoms with Crippen LogP contribution in [0.3, 0.4) is 0 Å². The molecule has 0 saturated heterocycles. The number of aromatic nitrogens is 5. The molecule has 0 amide bonds. The van der Waals surface area contributed by atoms with E-state index in [1.807, 2.05) is 11.6 Å². The predicted octanol–water partition coefficient (Wildman–Crippen LogP) is 1.47. The number of hydrogen-bond donors (Lipinski definition) is 1. The van der Waals surface area contributed by atoms with Crippen LogP contribution in [0.1, 0.15) is 22.9 Å². The molecule has 0 aromatic carbocycles. The van der Waals surface area contributed by atoms with Crippen molar-refractivity contribution in [1.29, 1.82) is 0 Å². The van der Waals surface area contributed by atoms with E-state index in [-0.39, 0.29) is 0 Å². The lowest BCUT2D eigenvalue weighted by Crippen LogP contribution is -2.19. The topological polar surface area (TPSA) is 60.0 Å². The van der Waals surface area contributed by atoms with Crippen molar-refractivity contribution >= 4 is 16.3 Å². The third-order valence-electron chi connectivity index (χ3n) is 3.45. The largest absolute Gasteiger partial charge is 0.321 e. The lowest BCUT2D eigenvalue weighted by atomic mass is 10.3. The quantitative estimate of drug-likeness (QED) is 0.723. The lowest BCUT2D eigenvalue weighted by molar-refractivity contribution is 0.640. The third-order valence-corrected chi connectivity index (χ3v) is 4.40. The maximum atomic E-state index is 4.59. The molecular formula is C13H18N6S. The Bertz CT molecular complexity index is 722. The number of imidazole rings is 1. The summed E-state index contributed by atoms with van der Waals surface area (Å²) in [6.07, 6.45) is 2.61. The van der Waals surface area contributed by atoms with Gasteiger partial charge < -0.3 is 9.88 Å². The number of aryl methyl sites for hydroxylation is 3. The standard InChI is InChI=1S/C13H18N6S/c1-9-7-20-13-16-10(2)11(19(9)13)6-14-5-4-12-17-15-8-18(12)3/h7-8,14H,4-6H2,1-3H3. The number of thiazole rings is 1. The second-order valence-corrected chi connectivity index (χ2v) is 5.76. The van der Waals surface area contributed by atoms with Crippen LogP contribution in [0, 0.1) is 13.8 Å². The smallest absolute Gasteiger partial charge is 0.194 e. The molecule has 0 radical (unpaired) electrons. The van der Waals surface area contributed by atoms with Crippen molar-refractivity contribution in [2.75, 3.05) is 6.54 Å². The molecule has 1 N–H and O–H groups in total. The summed E-state index contributed by atoms with van der Waals surface area (Å²) in [6.45, 7) is 5.89. The fourth-order valence-corrected chi connectivity index (χ4v) is 3.25. The normalized spacial score (nSPS) is 11.6. The Morgan fingerprint density at radius 1 is 1.35 bits per heavy atom. The van der Waals surface area contributed by atoms with Crippen LogP contribution in [0.2, 0.25) is 0 Å². The molecular weight excluding hydrogens is 272 g/mol. The summed E-state index contributed by atoms with van der Waals surface area (Å²) in [4.78, 5) is 5.67. The maximum absolute atomic E-state index is 4.59. The first kappa shape index (κ1) is 13.3. The van der Waals surface area contributed by atoms with Crippen molar-refractivity contribution in [2.24, 2.45) is 7.05 Å². The number of hydrogen-bond acceptors (Lipinski definition) is 5. The molecule has 106 valence electrons. The molecule has 7 heteroatoms. The second kappa shape index (κ2) is 5.34. The van der Waals surface area contributed by atoms with Crippen LogP contribution in [0.15, 0.2) is 11.7 Å². The van der Waals surface area contributed by atoms with Crippen LogP contribution in [0.4, 0.5) is 0 Å². The summed E-state index contributed by atoms with van der Waals surface area (Å²) in [5.41, 5.74) is 3.60. The van der Waals surface area contributed by atoms with Crippen LogP contribution < -0.4 is 5.32 Å². The zero-order valence-electron chi connectivity index (χ0n) is 11.9. The zero-order chi connectivity index (χ0) is 14.1. The van der Waals surface area contributed by atoms with Crippen molar-refractivity contribution in [3.63, 3.8) is 0 Å². The number of rotatable bonds is 5. The van der Waals surface area contributed by atoms with Gasteiger partial charge in [-0.1, -0.05) is 0 Å². The van der Waals surface area contributed by atoms with Crippen LogP contribution in [-0.4, -0.2) is 30.7 Å². The van der Waals surface area contributed by atoms with Gasteiger partial charge in [-0.25, -0.2) is 4.98 Å². The average molecular weight is 290 g/mol. The minimum Gasteiger partial charge on any atom is -0.321 e. The fraction of sp³-hybridized carbons (Fsp3) is 0.462. The second-order valence-electron chi connectivity index (χ2n) is 4.92. The maximum Gasteiger partial charge on any atom is 0.194 e. The molecule has 0 unspecified atom stereocenters. The van der Waals surface area contributed by atoms with Gasteiger partial charge >= 0.3 is 0 Å². The van der Waals surface area contributed by atoms with Gasteiger partial charge in [0.05, 0.1) is 11.4 Å². The fourth-order valence-electron chi connectivity index (χ4n) is 2.32. The molecule has 3 heterocycles. The number of nitrogens with one attached hydrogen (secondary N) is 1. The van der Waals surface area contributed by atoms with Crippen molar-refractivity contribution in [2.45, 2.75) is 26.8 Å². The monoisotopic (exact) mass is 290 g/mol. The highest BCUT2D eigenvalue weighted by molar-refractivity contribution is 7.15. The molecule has 0 atom stereocenters. The molecule has 0 fully saturated rings. The minimum atomic E-state index is 0.822. The molecule has 3 aromatic heterocycles. The number of nitrogens with zero attached hydrogens (tertiary/aromatic N) is 5. The van der Waals surface area contributed by atoms with E-state index in [0.717, 1.165) is 36.0 Å². The Hall–Kier alpha value is -1.73. The molecule has 3 aromatic rings. The van der Waals surface area contributed by atoms with Crippen molar-refractivity contribution in [1.82, 2.24) is 29.5 Å². The first-order valence-corrected chi connectivity index (χ1v) is 7.50. The van der Waals surface area contributed by atoms with Gasteiger partial charge in [0.25, 0.3) is 0 Å². The van der Waals surface area contributed by atoms with Gasteiger partial charge in [-0.3, -0.25) is 4.40 Å². The van der Waals surface area contributed by atoms with Gasteiger partial charge in [-0.15, -0.1) is 21.5 Å². The van der Waals surface area contributed by atoms with Crippen LogP contribution in [0.25, 0.3) is 4.96 Å². The molecule has 20 heavy (non-hydrogen) atoms. The van der Waals surface area contributed by atoms with Crippen LogP contribution in [0.5, 0.6) is 0 Å².